The van der Waals surface area contributed by atoms with Crippen LogP contribution in [-0.2, 0) is 11.2 Å². The SMILES string of the molecule is CC(CCc1nc2cc(C(=O)N3CC(C4=CCCC(F)=C4)C3)ccc2nc1-c1ccccc1)CC(=O)O. The summed E-state index contributed by atoms with van der Waals surface area (Å²) in [4.78, 5) is 35.9. The third-order valence-corrected chi connectivity index (χ3v) is 7.15. The minimum atomic E-state index is -0.808. The Morgan fingerprint density at radius 2 is 1.89 bits per heavy atom. The van der Waals surface area contributed by atoms with Gasteiger partial charge in [0.15, 0.2) is 0 Å². The van der Waals surface area contributed by atoms with Crippen molar-refractivity contribution in [3.8, 4) is 11.3 Å². The molecule has 1 saturated heterocycles. The molecule has 190 valence electrons. The van der Waals surface area contributed by atoms with Crippen LogP contribution >= 0.6 is 0 Å². The van der Waals surface area contributed by atoms with Crippen molar-refractivity contribution in [2.75, 3.05) is 13.1 Å². The molecule has 2 aromatic carbocycles. The molecule has 2 heterocycles. The van der Waals surface area contributed by atoms with Crippen LogP contribution < -0.4 is 0 Å². The largest absolute Gasteiger partial charge is 0.481 e. The van der Waals surface area contributed by atoms with Gasteiger partial charge in [-0.15, -0.1) is 0 Å². The number of carboxylic acids is 1. The standard InChI is InChI=1S/C30H30FN3O3/c1-19(14-28(35)36)10-12-26-29(20-6-3-2-4-7-20)33-25-13-11-22(16-27(25)32-26)30(37)34-17-23(18-34)21-8-5-9-24(31)15-21/h2-4,6-8,11,13,15-16,19,23H,5,9-10,12,14,17-18H2,1H3,(H,35,36). The number of likely N-dealkylation sites (tertiary alicyclic amines) is 1. The molecular weight excluding hydrogens is 469 g/mol. The average molecular weight is 500 g/mol. The third-order valence-electron chi connectivity index (χ3n) is 7.15. The predicted molar refractivity (Wildman–Crippen MR) is 141 cm³/mol. The van der Waals surface area contributed by atoms with Gasteiger partial charge in [0.1, 0.15) is 5.83 Å². The fourth-order valence-electron chi connectivity index (χ4n) is 5.02. The van der Waals surface area contributed by atoms with E-state index in [0.717, 1.165) is 22.5 Å². The zero-order chi connectivity index (χ0) is 25.9. The number of fused-ring (bicyclic) bond motifs is 1. The third kappa shape index (κ3) is 5.61. The van der Waals surface area contributed by atoms with E-state index in [9.17, 15) is 14.0 Å². The van der Waals surface area contributed by atoms with Crippen molar-refractivity contribution in [1.29, 1.82) is 0 Å². The number of benzene rings is 2. The van der Waals surface area contributed by atoms with Crippen LogP contribution in [0.15, 0.2) is 72.1 Å². The molecule has 0 spiro atoms. The number of halogens is 1. The van der Waals surface area contributed by atoms with Gasteiger partial charge in [-0.05, 0) is 55.0 Å². The van der Waals surface area contributed by atoms with Crippen molar-refractivity contribution in [2.24, 2.45) is 11.8 Å². The molecule has 0 radical (unpaired) electrons. The maximum Gasteiger partial charge on any atom is 0.303 e. The quantitative estimate of drug-likeness (QED) is 0.412. The number of allylic oxidation sites excluding steroid dienone is 3. The number of aliphatic carboxylic acids is 1. The summed E-state index contributed by atoms with van der Waals surface area (Å²) in [6.45, 7) is 3.09. The summed E-state index contributed by atoms with van der Waals surface area (Å²) in [6.07, 6.45) is 6.24. The first kappa shape index (κ1) is 24.8. The Bertz CT molecular complexity index is 1390. The number of rotatable bonds is 8. The van der Waals surface area contributed by atoms with Gasteiger partial charge in [-0.2, -0.15) is 0 Å². The molecule has 7 heteroatoms. The minimum Gasteiger partial charge on any atom is -0.481 e. The molecule has 1 aromatic heterocycles. The lowest BCUT2D eigenvalue weighted by Crippen LogP contribution is -2.50. The Hall–Kier alpha value is -3.87. The van der Waals surface area contributed by atoms with Gasteiger partial charge < -0.3 is 10.0 Å². The molecule has 37 heavy (non-hydrogen) atoms. The van der Waals surface area contributed by atoms with E-state index in [4.69, 9.17) is 15.1 Å². The summed E-state index contributed by atoms with van der Waals surface area (Å²) in [5, 5.41) is 9.12. The molecule has 1 fully saturated rings. The summed E-state index contributed by atoms with van der Waals surface area (Å²) < 4.78 is 13.6. The van der Waals surface area contributed by atoms with Crippen molar-refractivity contribution in [1.82, 2.24) is 14.9 Å². The second-order valence-electron chi connectivity index (χ2n) is 10.1. The molecule has 6 nitrogen and oxygen atoms in total. The Morgan fingerprint density at radius 1 is 1.11 bits per heavy atom. The maximum atomic E-state index is 13.6. The average Bonchev–Trinajstić information content (AvgIpc) is 2.86. The molecule has 1 aliphatic carbocycles. The first-order chi connectivity index (χ1) is 17.9. The highest BCUT2D eigenvalue weighted by Gasteiger charge is 2.33. The van der Waals surface area contributed by atoms with Crippen LogP contribution in [0.3, 0.4) is 0 Å². The van der Waals surface area contributed by atoms with Crippen LogP contribution in [0.1, 0.15) is 48.7 Å². The van der Waals surface area contributed by atoms with Gasteiger partial charge in [-0.25, -0.2) is 14.4 Å². The van der Waals surface area contributed by atoms with Crippen LogP contribution in [0.2, 0.25) is 0 Å². The van der Waals surface area contributed by atoms with Gasteiger partial charge in [-0.1, -0.05) is 43.3 Å². The zero-order valence-electron chi connectivity index (χ0n) is 20.9. The zero-order valence-corrected chi connectivity index (χ0v) is 20.9. The Morgan fingerprint density at radius 3 is 2.62 bits per heavy atom. The number of hydrogen-bond donors (Lipinski definition) is 1. The van der Waals surface area contributed by atoms with Crippen molar-refractivity contribution >= 4 is 22.9 Å². The van der Waals surface area contributed by atoms with Crippen LogP contribution in [-0.4, -0.2) is 44.9 Å². The molecule has 3 aromatic rings. The van der Waals surface area contributed by atoms with E-state index in [0.29, 0.717) is 55.4 Å². The van der Waals surface area contributed by atoms with Gasteiger partial charge in [-0.3, -0.25) is 9.59 Å². The van der Waals surface area contributed by atoms with Crippen molar-refractivity contribution in [3.63, 3.8) is 0 Å². The molecule has 2 aliphatic rings. The second kappa shape index (κ2) is 10.6. The monoisotopic (exact) mass is 499 g/mol. The molecule has 0 bridgehead atoms. The summed E-state index contributed by atoms with van der Waals surface area (Å²) >= 11 is 0. The van der Waals surface area contributed by atoms with Gasteiger partial charge in [0.05, 0.1) is 22.4 Å². The van der Waals surface area contributed by atoms with Gasteiger partial charge in [0.25, 0.3) is 5.91 Å². The highest BCUT2D eigenvalue weighted by molar-refractivity contribution is 5.98. The highest BCUT2D eigenvalue weighted by Crippen LogP contribution is 2.31. The molecule has 1 unspecified atom stereocenters. The Kier molecular flexibility index (Phi) is 7.12. The molecule has 1 amide bonds. The summed E-state index contributed by atoms with van der Waals surface area (Å²) in [5.74, 6) is -0.766. The Labute approximate surface area is 215 Å². The van der Waals surface area contributed by atoms with Gasteiger partial charge in [0, 0.05) is 43.0 Å². The number of nitrogens with zero attached hydrogens (tertiary/aromatic N) is 3. The number of aryl methyl sites for hydroxylation is 1. The van der Waals surface area contributed by atoms with Crippen molar-refractivity contribution < 1.29 is 19.1 Å². The van der Waals surface area contributed by atoms with Crippen LogP contribution in [0.4, 0.5) is 4.39 Å². The molecule has 1 N–H and O–H groups in total. The van der Waals surface area contributed by atoms with E-state index in [1.54, 1.807) is 23.1 Å². The smallest absolute Gasteiger partial charge is 0.303 e. The second-order valence-corrected chi connectivity index (χ2v) is 10.1. The Balaban J connectivity index is 1.38. The number of aromatic nitrogens is 2. The number of hydrogen-bond acceptors (Lipinski definition) is 4. The van der Waals surface area contributed by atoms with E-state index in [1.165, 1.54) is 0 Å². The molecule has 1 aliphatic heterocycles. The fraction of sp³-hybridized carbons (Fsp3) is 0.333. The topological polar surface area (TPSA) is 83.4 Å². The van der Waals surface area contributed by atoms with E-state index < -0.39 is 5.97 Å². The number of carbonyl (C=O) groups is 2. The lowest BCUT2D eigenvalue weighted by atomic mass is 9.87. The first-order valence-corrected chi connectivity index (χ1v) is 12.8. The molecular formula is C30H30FN3O3. The summed E-state index contributed by atoms with van der Waals surface area (Å²) in [5.41, 5.74) is 5.41. The van der Waals surface area contributed by atoms with Crippen LogP contribution in [0.25, 0.3) is 22.3 Å². The minimum absolute atomic E-state index is 0.00786. The normalized spacial score (nSPS) is 16.6. The van der Waals surface area contributed by atoms with Gasteiger partial charge >= 0.3 is 5.97 Å². The van der Waals surface area contributed by atoms with E-state index in [2.05, 4.69) is 6.08 Å². The maximum absolute atomic E-state index is 13.6. The van der Waals surface area contributed by atoms with Gasteiger partial charge in [0.2, 0.25) is 0 Å². The van der Waals surface area contributed by atoms with Crippen LogP contribution in [0, 0.1) is 11.8 Å². The van der Waals surface area contributed by atoms with Crippen molar-refractivity contribution in [2.45, 2.75) is 39.0 Å². The van der Waals surface area contributed by atoms with E-state index >= 15 is 0 Å². The number of carbonyl (C=O) groups excluding carboxylic acids is 1. The molecule has 0 saturated carbocycles. The van der Waals surface area contributed by atoms with Crippen molar-refractivity contribution in [3.05, 3.63) is 83.3 Å². The number of amides is 1. The highest BCUT2D eigenvalue weighted by atomic mass is 19.1. The molecule has 1 atom stereocenters. The lowest BCUT2D eigenvalue weighted by molar-refractivity contribution is -0.138. The summed E-state index contributed by atoms with van der Waals surface area (Å²) in [7, 11) is 0. The lowest BCUT2D eigenvalue weighted by Gasteiger charge is -2.40. The van der Waals surface area contributed by atoms with Crippen LogP contribution in [0.5, 0.6) is 0 Å². The number of carboxylic acid groups (broad SMARTS) is 1. The first-order valence-electron chi connectivity index (χ1n) is 12.8. The molecule has 5 rings (SSSR count). The fourth-order valence-corrected chi connectivity index (χ4v) is 5.02. The summed E-state index contributed by atoms with van der Waals surface area (Å²) in [6, 6.07) is 15.2. The van der Waals surface area contributed by atoms with E-state index in [1.807, 2.05) is 43.3 Å². The predicted octanol–water partition coefficient (Wildman–Crippen LogP) is 5.99. The van der Waals surface area contributed by atoms with E-state index in [-0.39, 0.29) is 30.0 Å².